The maximum Gasteiger partial charge on any atom is 0.220 e. The fraction of sp³-hybridized carbons (Fsp3) is 0.964. The van der Waals surface area contributed by atoms with Crippen LogP contribution in [0.2, 0.25) is 0 Å². The molecule has 0 aliphatic rings. The van der Waals surface area contributed by atoms with Crippen LogP contribution in [-0.4, -0.2) is 52.1 Å². The summed E-state index contributed by atoms with van der Waals surface area (Å²) in [6, 6.07) is 0. The van der Waals surface area contributed by atoms with Crippen molar-refractivity contribution in [3.63, 3.8) is 0 Å². The first-order chi connectivity index (χ1) is 15.6. The van der Waals surface area contributed by atoms with Crippen molar-refractivity contribution in [1.82, 2.24) is 15.5 Å². The van der Waals surface area contributed by atoms with Gasteiger partial charge in [0.1, 0.15) is 0 Å². The van der Waals surface area contributed by atoms with Gasteiger partial charge in [0.2, 0.25) is 5.91 Å². The Hall–Kier alpha value is -0.610. The monoisotopic (exact) mass is 455 g/mol. The van der Waals surface area contributed by atoms with E-state index in [1.807, 2.05) is 28.2 Å². The Kier molecular flexibility index (Phi) is 31.9. The molecule has 0 aliphatic heterocycles. The molecule has 1 amide bonds. The summed E-state index contributed by atoms with van der Waals surface area (Å²) in [7, 11) is 7.81. The number of rotatable bonds is 23. The summed E-state index contributed by atoms with van der Waals surface area (Å²) in [5.41, 5.74) is 0. The molecule has 0 radical (unpaired) electrons. The maximum absolute atomic E-state index is 11.7. The lowest BCUT2D eigenvalue weighted by Gasteiger charge is -2.10. The molecule has 0 aliphatic carbocycles. The number of carbonyl (C=O) groups is 1. The molecular weight excluding hydrogens is 394 g/mol. The molecule has 0 saturated carbocycles. The molecule has 4 heteroatoms. The van der Waals surface area contributed by atoms with E-state index in [9.17, 15) is 4.79 Å². The minimum Gasteiger partial charge on any atom is -0.355 e. The summed E-state index contributed by atoms with van der Waals surface area (Å²) in [4.78, 5) is 13.8. The van der Waals surface area contributed by atoms with Gasteiger partial charge in [-0.15, -0.1) is 0 Å². The van der Waals surface area contributed by atoms with E-state index in [0.717, 1.165) is 19.5 Å². The molecule has 194 valence electrons. The number of likely N-dealkylation sites (N-methyl/N-ethyl adjacent to an activating group) is 1. The molecule has 0 aromatic heterocycles. The minimum atomic E-state index is 0.221. The number of hydrogen-bond acceptors (Lipinski definition) is 3. The molecule has 2 N–H and O–H groups in total. The summed E-state index contributed by atoms with van der Waals surface area (Å²) in [5, 5.41) is 5.74. The Morgan fingerprint density at radius 1 is 0.594 bits per heavy atom. The lowest BCUT2D eigenvalue weighted by atomic mass is 10.0. The van der Waals surface area contributed by atoms with Gasteiger partial charge in [0, 0.05) is 19.5 Å². The first kappa shape index (κ1) is 33.6. The lowest BCUT2D eigenvalue weighted by molar-refractivity contribution is -0.121. The van der Waals surface area contributed by atoms with Gasteiger partial charge in [0.15, 0.2) is 0 Å². The first-order valence-corrected chi connectivity index (χ1v) is 14.1. The molecular formula is C28H61N3O. The molecule has 0 fully saturated rings. The molecule has 0 aromatic rings. The summed E-state index contributed by atoms with van der Waals surface area (Å²) in [5.74, 6) is 0.221. The molecule has 0 bridgehead atoms. The van der Waals surface area contributed by atoms with Crippen molar-refractivity contribution in [2.75, 3.05) is 41.3 Å². The van der Waals surface area contributed by atoms with Crippen LogP contribution < -0.4 is 10.6 Å². The first-order valence-electron chi connectivity index (χ1n) is 14.1. The number of hydrogen-bond donors (Lipinski definition) is 2. The zero-order chi connectivity index (χ0) is 24.1. The summed E-state index contributed by atoms with van der Waals surface area (Å²) in [6.07, 6.45) is 27.1. The Balaban J connectivity index is 0. The van der Waals surface area contributed by atoms with Crippen LogP contribution in [-0.2, 0) is 4.79 Å². The number of carbonyl (C=O) groups excluding carboxylic acids is 1. The zero-order valence-corrected chi connectivity index (χ0v) is 22.9. The molecule has 0 spiro atoms. The van der Waals surface area contributed by atoms with Crippen LogP contribution in [0.5, 0.6) is 0 Å². The Labute approximate surface area is 203 Å². The van der Waals surface area contributed by atoms with Crippen molar-refractivity contribution in [2.24, 2.45) is 0 Å². The van der Waals surface area contributed by atoms with Crippen molar-refractivity contribution in [3.05, 3.63) is 0 Å². The molecule has 0 unspecified atom stereocenters. The fourth-order valence-corrected chi connectivity index (χ4v) is 3.87. The normalized spacial score (nSPS) is 10.8. The quantitative estimate of drug-likeness (QED) is 0.159. The Morgan fingerprint density at radius 2 is 0.906 bits per heavy atom. The fourth-order valence-electron chi connectivity index (χ4n) is 3.87. The van der Waals surface area contributed by atoms with E-state index in [-0.39, 0.29) is 5.91 Å². The van der Waals surface area contributed by atoms with Gasteiger partial charge in [0.05, 0.1) is 0 Å². The number of amides is 1. The number of nitrogens with zero attached hydrogens (tertiary/aromatic N) is 1. The van der Waals surface area contributed by atoms with E-state index < -0.39 is 0 Å². The van der Waals surface area contributed by atoms with Crippen LogP contribution in [0.25, 0.3) is 0 Å². The third-order valence-electron chi connectivity index (χ3n) is 5.89. The minimum absolute atomic E-state index is 0.221. The van der Waals surface area contributed by atoms with E-state index in [1.54, 1.807) is 0 Å². The Bertz CT molecular complexity index is 348. The molecule has 0 saturated heterocycles. The second-order valence-corrected chi connectivity index (χ2v) is 9.77. The molecule has 32 heavy (non-hydrogen) atoms. The van der Waals surface area contributed by atoms with Crippen LogP contribution in [0.3, 0.4) is 0 Å². The maximum atomic E-state index is 11.7. The second kappa shape index (κ2) is 30.4. The standard InChI is InChI=1S/C26H54N2O.C2H7N/c1-4-5-6-7-8-9-10-11-12-13-14-15-16-17-18-19-20-21-22-23-26(29)27-24-25-28(2)3;1-3-2/h4-25H2,1-3H3,(H,27,29);3H,1-2H3. The highest BCUT2D eigenvalue weighted by Gasteiger charge is 2.01. The molecule has 0 rings (SSSR count). The van der Waals surface area contributed by atoms with Crippen LogP contribution in [0, 0.1) is 0 Å². The SMILES string of the molecule is CCCCCCCCCCCCCCCCCCCCCC(=O)NCCN(C)C.CNC. The van der Waals surface area contributed by atoms with Gasteiger partial charge < -0.3 is 15.5 Å². The van der Waals surface area contributed by atoms with Crippen molar-refractivity contribution in [1.29, 1.82) is 0 Å². The number of nitrogens with one attached hydrogen (secondary N) is 2. The average Bonchev–Trinajstić information content (AvgIpc) is 2.75. The average molecular weight is 456 g/mol. The molecule has 4 nitrogen and oxygen atoms in total. The summed E-state index contributed by atoms with van der Waals surface area (Å²) >= 11 is 0. The van der Waals surface area contributed by atoms with Gasteiger partial charge in [-0.3, -0.25) is 4.79 Å². The van der Waals surface area contributed by atoms with Crippen LogP contribution in [0.15, 0.2) is 0 Å². The van der Waals surface area contributed by atoms with Gasteiger partial charge >= 0.3 is 0 Å². The highest BCUT2D eigenvalue weighted by Crippen LogP contribution is 2.14. The Morgan fingerprint density at radius 3 is 1.22 bits per heavy atom. The zero-order valence-electron chi connectivity index (χ0n) is 22.9. The lowest BCUT2D eigenvalue weighted by Crippen LogP contribution is -2.31. The van der Waals surface area contributed by atoms with E-state index >= 15 is 0 Å². The summed E-state index contributed by atoms with van der Waals surface area (Å²) < 4.78 is 0. The molecule has 0 heterocycles. The third kappa shape index (κ3) is 34.0. The predicted octanol–water partition coefficient (Wildman–Crippen LogP) is 7.32. The van der Waals surface area contributed by atoms with Crippen molar-refractivity contribution < 1.29 is 4.79 Å². The van der Waals surface area contributed by atoms with E-state index in [4.69, 9.17) is 0 Å². The second-order valence-electron chi connectivity index (χ2n) is 9.77. The molecule has 0 aromatic carbocycles. The van der Waals surface area contributed by atoms with Gasteiger partial charge in [-0.2, -0.15) is 0 Å². The smallest absolute Gasteiger partial charge is 0.220 e. The van der Waals surface area contributed by atoms with Gasteiger partial charge in [-0.25, -0.2) is 0 Å². The van der Waals surface area contributed by atoms with Crippen LogP contribution in [0.1, 0.15) is 135 Å². The van der Waals surface area contributed by atoms with Crippen molar-refractivity contribution in [3.8, 4) is 0 Å². The largest absolute Gasteiger partial charge is 0.355 e. The predicted molar refractivity (Wildman–Crippen MR) is 145 cm³/mol. The van der Waals surface area contributed by atoms with Gasteiger partial charge in [0.25, 0.3) is 0 Å². The highest BCUT2D eigenvalue weighted by molar-refractivity contribution is 5.75. The van der Waals surface area contributed by atoms with Crippen molar-refractivity contribution >= 4 is 5.91 Å². The summed E-state index contributed by atoms with van der Waals surface area (Å²) in [6.45, 7) is 3.98. The van der Waals surface area contributed by atoms with E-state index in [2.05, 4.69) is 22.5 Å². The topological polar surface area (TPSA) is 44.4 Å². The highest BCUT2D eigenvalue weighted by atomic mass is 16.1. The van der Waals surface area contributed by atoms with Gasteiger partial charge in [-0.1, -0.05) is 122 Å². The van der Waals surface area contributed by atoms with Crippen molar-refractivity contribution in [2.45, 2.75) is 135 Å². The van der Waals surface area contributed by atoms with Crippen LogP contribution in [0.4, 0.5) is 0 Å². The van der Waals surface area contributed by atoms with E-state index in [0.29, 0.717) is 6.42 Å². The van der Waals surface area contributed by atoms with Gasteiger partial charge in [-0.05, 0) is 34.6 Å². The van der Waals surface area contributed by atoms with E-state index in [1.165, 1.54) is 116 Å². The molecule has 0 atom stereocenters. The number of unbranched alkanes of at least 4 members (excludes halogenated alkanes) is 18. The third-order valence-corrected chi connectivity index (χ3v) is 5.89. The van der Waals surface area contributed by atoms with Crippen LogP contribution >= 0.6 is 0 Å².